The molecule has 1 fully saturated rings. The van der Waals surface area contributed by atoms with Crippen LogP contribution in [0.1, 0.15) is 26.2 Å². The van der Waals surface area contributed by atoms with Crippen LogP contribution in [0.25, 0.3) is 0 Å². The lowest BCUT2D eigenvalue weighted by atomic mass is 10.0. The average Bonchev–Trinajstić information content (AvgIpc) is 2.47. The predicted molar refractivity (Wildman–Crippen MR) is 76.7 cm³/mol. The van der Waals surface area contributed by atoms with E-state index in [1.807, 2.05) is 6.92 Å². The van der Waals surface area contributed by atoms with E-state index in [1.54, 1.807) is 0 Å². The lowest BCUT2D eigenvalue weighted by Gasteiger charge is -2.32. The third kappa shape index (κ3) is 3.36. The maximum Gasteiger partial charge on any atom is 0.306 e. The summed E-state index contributed by atoms with van der Waals surface area (Å²) in [6, 6.07) is 3.28. The molecule has 114 valence electrons. The lowest BCUT2D eigenvalue weighted by Crippen LogP contribution is -2.51. The summed E-state index contributed by atoms with van der Waals surface area (Å²) in [7, 11) is 0. The van der Waals surface area contributed by atoms with Gasteiger partial charge in [-0.1, -0.05) is 6.92 Å². The molecule has 1 aromatic rings. The summed E-state index contributed by atoms with van der Waals surface area (Å²) >= 11 is 0. The van der Waals surface area contributed by atoms with Gasteiger partial charge in [0.1, 0.15) is 0 Å². The number of hydrogen-bond donors (Lipinski definition) is 1. The van der Waals surface area contributed by atoms with Gasteiger partial charge < -0.3 is 10.2 Å². The molecule has 0 radical (unpaired) electrons. The SMILES string of the molecule is CCCNC1CCCN(c2ccc(F)c([N+](=O)[O-])c2)C1=O. The minimum atomic E-state index is -0.895. The van der Waals surface area contributed by atoms with Crippen molar-refractivity contribution in [1.82, 2.24) is 5.32 Å². The maximum atomic E-state index is 13.4. The Morgan fingerprint density at radius 2 is 2.29 bits per heavy atom. The van der Waals surface area contributed by atoms with Crippen LogP contribution in [0.2, 0.25) is 0 Å². The molecule has 0 bridgehead atoms. The first-order valence-electron chi connectivity index (χ1n) is 7.03. The van der Waals surface area contributed by atoms with Gasteiger partial charge in [-0.3, -0.25) is 14.9 Å². The molecule has 1 aliphatic rings. The van der Waals surface area contributed by atoms with Crippen molar-refractivity contribution in [2.45, 2.75) is 32.2 Å². The summed E-state index contributed by atoms with van der Waals surface area (Å²) in [5.41, 5.74) is -0.236. The third-order valence-electron chi connectivity index (χ3n) is 3.52. The molecule has 1 amide bonds. The van der Waals surface area contributed by atoms with Crippen LogP contribution in [0.5, 0.6) is 0 Å². The van der Waals surface area contributed by atoms with Crippen molar-refractivity contribution < 1.29 is 14.1 Å². The van der Waals surface area contributed by atoms with Crippen molar-refractivity contribution in [2.75, 3.05) is 18.0 Å². The molecule has 1 unspecified atom stereocenters. The third-order valence-corrected chi connectivity index (χ3v) is 3.52. The van der Waals surface area contributed by atoms with Gasteiger partial charge in [-0.25, -0.2) is 0 Å². The van der Waals surface area contributed by atoms with Gasteiger partial charge in [-0.2, -0.15) is 4.39 Å². The number of nitrogens with one attached hydrogen (secondary N) is 1. The highest BCUT2D eigenvalue weighted by atomic mass is 19.1. The van der Waals surface area contributed by atoms with Gasteiger partial charge in [0.05, 0.1) is 16.7 Å². The smallest absolute Gasteiger partial charge is 0.306 e. The molecular formula is C14H18FN3O3. The first-order valence-corrected chi connectivity index (χ1v) is 7.03. The zero-order chi connectivity index (χ0) is 15.4. The van der Waals surface area contributed by atoms with E-state index in [0.717, 1.165) is 37.9 Å². The lowest BCUT2D eigenvalue weighted by molar-refractivity contribution is -0.387. The quantitative estimate of drug-likeness (QED) is 0.667. The molecule has 6 nitrogen and oxygen atoms in total. The van der Waals surface area contributed by atoms with Gasteiger partial charge in [-0.15, -0.1) is 0 Å². The van der Waals surface area contributed by atoms with E-state index in [2.05, 4.69) is 5.32 Å². The zero-order valence-corrected chi connectivity index (χ0v) is 11.8. The zero-order valence-electron chi connectivity index (χ0n) is 11.8. The summed E-state index contributed by atoms with van der Waals surface area (Å²) in [6.07, 6.45) is 2.47. The number of anilines is 1. The molecule has 7 heteroatoms. The van der Waals surface area contributed by atoms with E-state index in [1.165, 1.54) is 11.0 Å². The van der Waals surface area contributed by atoms with Crippen LogP contribution in [0, 0.1) is 15.9 Å². The van der Waals surface area contributed by atoms with E-state index in [4.69, 9.17) is 0 Å². The van der Waals surface area contributed by atoms with Gasteiger partial charge in [-0.05, 0) is 37.9 Å². The molecule has 0 aromatic heterocycles. The Morgan fingerprint density at radius 3 is 2.95 bits per heavy atom. The highest BCUT2D eigenvalue weighted by molar-refractivity contribution is 5.98. The molecule has 1 saturated heterocycles. The Morgan fingerprint density at radius 1 is 1.52 bits per heavy atom. The summed E-state index contributed by atoms with van der Waals surface area (Å²) in [4.78, 5) is 23.9. The Balaban J connectivity index is 2.22. The average molecular weight is 295 g/mol. The van der Waals surface area contributed by atoms with Crippen LogP contribution in [0.4, 0.5) is 15.8 Å². The van der Waals surface area contributed by atoms with Crippen LogP contribution in [0.15, 0.2) is 18.2 Å². The number of nitro groups is 1. The summed E-state index contributed by atoms with van der Waals surface area (Å²) in [5.74, 6) is -1.01. The van der Waals surface area contributed by atoms with Gasteiger partial charge >= 0.3 is 5.69 Å². The largest absolute Gasteiger partial charge is 0.311 e. The summed E-state index contributed by atoms with van der Waals surface area (Å²) < 4.78 is 13.4. The van der Waals surface area contributed by atoms with E-state index in [0.29, 0.717) is 12.2 Å². The van der Waals surface area contributed by atoms with Crippen LogP contribution in [-0.4, -0.2) is 30.0 Å². The van der Waals surface area contributed by atoms with E-state index in [9.17, 15) is 19.3 Å². The monoisotopic (exact) mass is 295 g/mol. The number of piperidine rings is 1. The minimum absolute atomic E-state index is 0.115. The van der Waals surface area contributed by atoms with E-state index >= 15 is 0 Å². The molecule has 21 heavy (non-hydrogen) atoms. The van der Waals surface area contributed by atoms with Crippen LogP contribution in [0.3, 0.4) is 0 Å². The number of halogens is 1. The van der Waals surface area contributed by atoms with Crippen LogP contribution < -0.4 is 10.2 Å². The first kappa shape index (κ1) is 15.4. The molecule has 1 atom stereocenters. The van der Waals surface area contributed by atoms with Gasteiger partial charge in [0.25, 0.3) is 0 Å². The fourth-order valence-electron chi connectivity index (χ4n) is 2.45. The molecule has 0 saturated carbocycles. The molecule has 1 aromatic carbocycles. The number of carbonyl (C=O) groups is 1. The minimum Gasteiger partial charge on any atom is -0.311 e. The van der Waals surface area contributed by atoms with Gasteiger partial charge in [0.15, 0.2) is 0 Å². The fourth-order valence-corrected chi connectivity index (χ4v) is 2.45. The Labute approximate surface area is 122 Å². The number of amides is 1. The van der Waals surface area contributed by atoms with Crippen molar-refractivity contribution >= 4 is 17.3 Å². The standard InChI is InChI=1S/C14H18FN3O3/c1-2-7-16-12-4-3-8-17(14(12)19)10-5-6-11(15)13(9-10)18(20)21/h5-6,9,12,16H,2-4,7-8H2,1H3. The highest BCUT2D eigenvalue weighted by Gasteiger charge is 2.30. The maximum absolute atomic E-state index is 13.4. The fraction of sp³-hybridized carbons (Fsp3) is 0.500. The molecule has 1 heterocycles. The number of benzene rings is 1. The van der Waals surface area contributed by atoms with Crippen LogP contribution >= 0.6 is 0 Å². The van der Waals surface area contributed by atoms with E-state index in [-0.39, 0.29) is 11.9 Å². The number of rotatable bonds is 5. The van der Waals surface area contributed by atoms with Crippen LogP contribution in [-0.2, 0) is 4.79 Å². The van der Waals surface area contributed by atoms with Crippen molar-refractivity contribution in [1.29, 1.82) is 0 Å². The van der Waals surface area contributed by atoms with E-state index < -0.39 is 16.4 Å². The highest BCUT2D eigenvalue weighted by Crippen LogP contribution is 2.27. The van der Waals surface area contributed by atoms with Gasteiger partial charge in [0, 0.05) is 12.6 Å². The first-order chi connectivity index (χ1) is 10.0. The normalized spacial score (nSPS) is 18.9. The molecular weight excluding hydrogens is 277 g/mol. The molecule has 0 spiro atoms. The van der Waals surface area contributed by atoms with Gasteiger partial charge in [0.2, 0.25) is 11.7 Å². The summed E-state index contributed by atoms with van der Waals surface area (Å²) in [5, 5.41) is 14.0. The Kier molecular flexibility index (Phi) is 4.85. The number of carbonyl (C=O) groups excluding carboxylic acids is 1. The predicted octanol–water partition coefficient (Wildman–Crippen LogP) is 2.23. The molecule has 1 aliphatic heterocycles. The van der Waals surface area contributed by atoms with Crippen molar-refractivity contribution in [2.24, 2.45) is 0 Å². The number of nitrogens with zero attached hydrogens (tertiary/aromatic N) is 2. The van der Waals surface area contributed by atoms with Crippen molar-refractivity contribution in [3.63, 3.8) is 0 Å². The van der Waals surface area contributed by atoms with Crippen molar-refractivity contribution in [3.05, 3.63) is 34.1 Å². The molecule has 1 N–H and O–H groups in total. The summed E-state index contributed by atoms with van der Waals surface area (Å²) in [6.45, 7) is 3.25. The number of nitro benzene ring substituents is 1. The molecule has 0 aliphatic carbocycles. The topological polar surface area (TPSA) is 75.5 Å². The number of hydrogen-bond acceptors (Lipinski definition) is 4. The Bertz CT molecular complexity index is 550. The van der Waals surface area contributed by atoms with Crippen molar-refractivity contribution in [3.8, 4) is 0 Å². The molecule has 2 rings (SSSR count). The second-order valence-electron chi connectivity index (χ2n) is 5.03. The second-order valence-corrected chi connectivity index (χ2v) is 5.03. The second kappa shape index (κ2) is 6.62. The Hall–Kier alpha value is -2.02.